The molecule has 2 aromatic carbocycles. The minimum Gasteiger partial charge on any atom is -0.357 e. The first-order valence-electron chi connectivity index (χ1n) is 9.23. The normalized spacial score (nSPS) is 11.5. The van der Waals surface area contributed by atoms with Gasteiger partial charge in [0.2, 0.25) is 5.91 Å². The van der Waals surface area contributed by atoms with E-state index in [0.29, 0.717) is 16.4 Å². The number of carbonyl (C=O) groups is 2. The van der Waals surface area contributed by atoms with E-state index in [9.17, 15) is 9.59 Å². The van der Waals surface area contributed by atoms with Gasteiger partial charge in [0, 0.05) is 18.0 Å². The van der Waals surface area contributed by atoms with Crippen LogP contribution < -0.4 is 16.0 Å². The van der Waals surface area contributed by atoms with Gasteiger partial charge >= 0.3 is 6.03 Å². The number of fused-ring (bicyclic) bond motifs is 1. The van der Waals surface area contributed by atoms with Gasteiger partial charge in [0.05, 0.1) is 15.7 Å². The summed E-state index contributed by atoms with van der Waals surface area (Å²) >= 11 is 2.83. The highest BCUT2D eigenvalue weighted by Crippen LogP contribution is 2.31. The van der Waals surface area contributed by atoms with Crippen LogP contribution in [0.1, 0.15) is 16.6 Å². The van der Waals surface area contributed by atoms with Crippen LogP contribution in [0, 0.1) is 12.3 Å². The summed E-state index contributed by atoms with van der Waals surface area (Å²) in [6, 6.07) is 12.1. The molecule has 2 aromatic heterocycles. The average molecular weight is 448 g/mol. The minimum atomic E-state index is -0.871. The van der Waals surface area contributed by atoms with Crippen LogP contribution in [-0.2, 0) is 4.79 Å². The fourth-order valence-electron chi connectivity index (χ4n) is 3.09. The Bertz CT molecular complexity index is 1290. The number of amides is 3. The van der Waals surface area contributed by atoms with Gasteiger partial charge in [-0.3, -0.25) is 10.1 Å². The predicted molar refractivity (Wildman–Crippen MR) is 124 cm³/mol. The molecule has 0 aliphatic rings. The first-order valence-corrected chi connectivity index (χ1v) is 11.0. The second kappa shape index (κ2) is 8.95. The van der Waals surface area contributed by atoms with Crippen LogP contribution >= 0.6 is 22.7 Å². The van der Waals surface area contributed by atoms with Crippen molar-refractivity contribution in [2.45, 2.75) is 6.04 Å². The number of rotatable bonds is 5. The van der Waals surface area contributed by atoms with Gasteiger partial charge in [0.15, 0.2) is 5.01 Å². The van der Waals surface area contributed by atoms with Gasteiger partial charge in [-0.1, -0.05) is 36.4 Å². The Balaban J connectivity index is 1.55. The highest BCUT2D eigenvalue weighted by molar-refractivity contribution is 7.17. The number of likely N-dealkylation sites (N-methyl/N-ethyl adjacent to an activating group) is 1. The summed E-state index contributed by atoms with van der Waals surface area (Å²) in [5.74, 6) is 2.41. The summed E-state index contributed by atoms with van der Waals surface area (Å²) in [4.78, 5) is 33.3. The third-order valence-corrected chi connectivity index (χ3v) is 6.21. The van der Waals surface area contributed by atoms with E-state index in [1.165, 1.54) is 18.4 Å². The topological polar surface area (TPSA) is 96.0 Å². The lowest BCUT2D eigenvalue weighted by atomic mass is 10.00. The molecule has 0 aliphatic carbocycles. The molecule has 0 aliphatic heterocycles. The number of nitrogens with one attached hydrogen (secondary N) is 3. The number of aromatic nitrogens is 2. The van der Waals surface area contributed by atoms with Crippen molar-refractivity contribution >= 4 is 50.6 Å². The fourth-order valence-corrected chi connectivity index (χ4v) is 4.47. The molecule has 7 nitrogen and oxygen atoms in total. The lowest BCUT2D eigenvalue weighted by Crippen LogP contribution is -2.41. The molecule has 0 fully saturated rings. The zero-order chi connectivity index (χ0) is 21.8. The zero-order valence-electron chi connectivity index (χ0n) is 16.4. The highest BCUT2D eigenvalue weighted by Gasteiger charge is 2.22. The molecule has 1 atom stereocenters. The molecule has 3 N–H and O–H groups in total. The first-order chi connectivity index (χ1) is 15.1. The molecule has 0 spiro atoms. The van der Waals surface area contributed by atoms with Gasteiger partial charge in [-0.2, -0.15) is 0 Å². The molecule has 0 radical (unpaired) electrons. The van der Waals surface area contributed by atoms with E-state index in [0.717, 1.165) is 21.3 Å². The molecule has 4 rings (SSSR count). The van der Waals surface area contributed by atoms with Crippen LogP contribution in [0.3, 0.4) is 0 Å². The molecule has 31 heavy (non-hydrogen) atoms. The van der Waals surface area contributed by atoms with Gasteiger partial charge < -0.3 is 10.6 Å². The molecular weight excluding hydrogens is 430 g/mol. The molecule has 2 heterocycles. The van der Waals surface area contributed by atoms with E-state index in [1.54, 1.807) is 16.7 Å². The van der Waals surface area contributed by atoms with Crippen LogP contribution in [0.5, 0.6) is 0 Å². The Hall–Kier alpha value is -3.74. The second-order valence-corrected chi connectivity index (χ2v) is 8.17. The zero-order valence-corrected chi connectivity index (χ0v) is 18.0. The van der Waals surface area contributed by atoms with E-state index in [2.05, 4.69) is 31.8 Å². The van der Waals surface area contributed by atoms with E-state index in [1.807, 2.05) is 48.0 Å². The number of benzene rings is 2. The number of thiazole rings is 2. The summed E-state index contributed by atoms with van der Waals surface area (Å²) in [7, 11) is 1.52. The molecule has 0 saturated heterocycles. The lowest BCUT2D eigenvalue weighted by molar-refractivity contribution is -0.122. The summed E-state index contributed by atoms with van der Waals surface area (Å²) in [6.07, 6.45) is 5.30. The summed E-state index contributed by atoms with van der Waals surface area (Å²) in [6.45, 7) is 0. The van der Waals surface area contributed by atoms with Gasteiger partial charge in [0.25, 0.3) is 0 Å². The van der Waals surface area contributed by atoms with Crippen molar-refractivity contribution in [3.63, 3.8) is 0 Å². The third kappa shape index (κ3) is 4.40. The Morgan fingerprint density at radius 3 is 2.65 bits per heavy atom. The molecular formula is C22H17N5O2S2. The highest BCUT2D eigenvalue weighted by atomic mass is 32.1. The maximum absolute atomic E-state index is 12.4. The largest absolute Gasteiger partial charge is 0.357 e. The standard InChI is InChI=1S/C22H17N5O2S2/c1-3-18-25-17(11-30-18)26-22(29)27-19(21(28)23-2)14-9-7-13(8-10-14)15-5-4-6-16-20(15)31-12-24-16/h1,4-12,19H,2H3,(H,23,28)(H2,26,27,29). The smallest absolute Gasteiger partial charge is 0.321 e. The van der Waals surface area contributed by atoms with E-state index in [4.69, 9.17) is 6.42 Å². The van der Waals surface area contributed by atoms with E-state index >= 15 is 0 Å². The van der Waals surface area contributed by atoms with Gasteiger partial charge in [-0.05, 0) is 23.1 Å². The van der Waals surface area contributed by atoms with Crippen LogP contribution in [0.4, 0.5) is 10.6 Å². The molecule has 1 unspecified atom stereocenters. The summed E-state index contributed by atoms with van der Waals surface area (Å²) in [5.41, 5.74) is 5.49. The van der Waals surface area contributed by atoms with Crippen LogP contribution in [0.2, 0.25) is 0 Å². The van der Waals surface area contributed by atoms with Crippen molar-refractivity contribution in [3.8, 4) is 23.5 Å². The maximum atomic E-state index is 12.4. The quantitative estimate of drug-likeness (QED) is 0.403. The maximum Gasteiger partial charge on any atom is 0.321 e. The lowest BCUT2D eigenvalue weighted by Gasteiger charge is -2.18. The monoisotopic (exact) mass is 447 g/mol. The SMILES string of the molecule is C#Cc1nc(NC(=O)NC(C(=O)NC)c2ccc(-c3cccc4ncsc34)cc2)cs1. The van der Waals surface area contributed by atoms with E-state index in [-0.39, 0.29) is 5.91 Å². The molecule has 0 bridgehead atoms. The molecule has 154 valence electrons. The summed E-state index contributed by atoms with van der Waals surface area (Å²) < 4.78 is 1.10. The number of anilines is 1. The number of carbonyl (C=O) groups excluding carboxylic acids is 2. The Morgan fingerprint density at radius 1 is 1.13 bits per heavy atom. The van der Waals surface area contributed by atoms with E-state index < -0.39 is 12.1 Å². The van der Waals surface area contributed by atoms with Crippen LogP contribution in [0.25, 0.3) is 21.3 Å². The molecule has 9 heteroatoms. The fraction of sp³-hybridized carbons (Fsp3) is 0.0909. The van der Waals surface area contributed by atoms with Crippen LogP contribution in [0.15, 0.2) is 53.4 Å². The Kier molecular flexibility index (Phi) is 5.93. The van der Waals surface area contributed by atoms with Crippen molar-refractivity contribution in [2.75, 3.05) is 12.4 Å². The van der Waals surface area contributed by atoms with Gasteiger partial charge in [0.1, 0.15) is 11.9 Å². The molecule has 0 saturated carbocycles. The summed E-state index contributed by atoms with van der Waals surface area (Å²) in [5, 5.41) is 9.97. The Morgan fingerprint density at radius 2 is 1.94 bits per heavy atom. The molecule has 3 amide bonds. The van der Waals surface area contributed by atoms with Crippen molar-refractivity contribution in [3.05, 3.63) is 63.9 Å². The second-order valence-electron chi connectivity index (χ2n) is 6.46. The number of hydrogen-bond acceptors (Lipinski definition) is 6. The van der Waals surface area contributed by atoms with Gasteiger partial charge in [-0.25, -0.2) is 14.8 Å². The Labute approximate surface area is 186 Å². The van der Waals surface area contributed by atoms with Crippen molar-refractivity contribution in [1.82, 2.24) is 20.6 Å². The predicted octanol–water partition coefficient (Wildman–Crippen LogP) is 4.01. The van der Waals surface area contributed by atoms with Gasteiger partial charge in [-0.15, -0.1) is 29.1 Å². The van der Waals surface area contributed by atoms with Crippen molar-refractivity contribution in [1.29, 1.82) is 0 Å². The first kappa shape index (κ1) is 20.5. The third-order valence-electron chi connectivity index (χ3n) is 4.56. The van der Waals surface area contributed by atoms with Crippen molar-refractivity contribution < 1.29 is 9.59 Å². The number of urea groups is 1. The van der Waals surface area contributed by atoms with Crippen molar-refractivity contribution in [2.24, 2.45) is 0 Å². The molecule has 4 aromatic rings. The number of hydrogen-bond donors (Lipinski definition) is 3. The minimum absolute atomic E-state index is 0.333. The average Bonchev–Trinajstić information content (AvgIpc) is 3.46. The number of nitrogens with zero attached hydrogens (tertiary/aromatic N) is 2. The van der Waals surface area contributed by atoms with Crippen LogP contribution in [-0.4, -0.2) is 29.0 Å². The number of terminal acetylenes is 1.